The van der Waals surface area contributed by atoms with Gasteiger partial charge in [0.2, 0.25) is 0 Å². The molecule has 86 valence electrons. The summed E-state index contributed by atoms with van der Waals surface area (Å²) < 4.78 is 0. The van der Waals surface area contributed by atoms with Crippen molar-refractivity contribution in [1.29, 1.82) is 0 Å². The van der Waals surface area contributed by atoms with Gasteiger partial charge in [-0.25, -0.2) is 0 Å². The maximum atomic E-state index is 2.37. The Morgan fingerprint density at radius 3 is 2.13 bits per heavy atom. The van der Waals surface area contributed by atoms with Crippen molar-refractivity contribution < 1.29 is 0 Å². The first-order chi connectivity index (χ1) is 7.29. The fourth-order valence-electron chi connectivity index (χ4n) is 1.76. The topological polar surface area (TPSA) is 0 Å². The molecule has 15 heavy (non-hydrogen) atoms. The summed E-state index contributed by atoms with van der Waals surface area (Å²) in [6, 6.07) is 2.37. The summed E-state index contributed by atoms with van der Waals surface area (Å²) >= 11 is 1.92. The van der Waals surface area contributed by atoms with Crippen molar-refractivity contribution in [2.45, 2.75) is 46.5 Å². The van der Waals surface area contributed by atoms with Crippen molar-refractivity contribution in [2.24, 2.45) is 0 Å². The third kappa shape index (κ3) is 4.25. The Hall–Kier alpha value is 0.130. The van der Waals surface area contributed by atoms with E-state index in [4.69, 9.17) is 0 Å². The maximum Gasteiger partial charge on any atom is 0.00909 e. The van der Waals surface area contributed by atoms with E-state index >= 15 is 0 Å². The van der Waals surface area contributed by atoms with Crippen molar-refractivity contribution >= 4 is 24.6 Å². The Labute approximate surface area is 99.9 Å². The van der Waals surface area contributed by atoms with Crippen molar-refractivity contribution in [2.75, 3.05) is 12.3 Å². The molecule has 0 radical (unpaired) electrons. The summed E-state index contributed by atoms with van der Waals surface area (Å²) in [5.41, 5.74) is 0. The molecule has 0 amide bonds. The predicted octanol–water partition coefficient (Wildman–Crippen LogP) is 4.76. The second-order valence-corrected chi connectivity index (χ2v) is 7.63. The Bertz CT molecular complexity index is 259. The van der Waals surface area contributed by atoms with Gasteiger partial charge in [-0.2, -0.15) is 0 Å². The minimum Gasteiger partial charge on any atom is -0.149 e. The predicted molar refractivity (Wildman–Crippen MR) is 75.2 cm³/mol. The van der Waals surface area contributed by atoms with Gasteiger partial charge in [0.15, 0.2) is 0 Å². The van der Waals surface area contributed by atoms with Crippen molar-refractivity contribution in [1.82, 2.24) is 0 Å². The Morgan fingerprint density at radius 1 is 1.13 bits per heavy atom. The summed E-state index contributed by atoms with van der Waals surface area (Å²) in [7, 11) is 0.159. The minimum atomic E-state index is 0.159. The van der Waals surface area contributed by atoms with E-state index in [1.54, 1.807) is 10.2 Å². The van der Waals surface area contributed by atoms with Crippen LogP contribution in [0.2, 0.25) is 0 Å². The van der Waals surface area contributed by atoms with Gasteiger partial charge in [0.25, 0.3) is 0 Å². The van der Waals surface area contributed by atoms with Gasteiger partial charge in [-0.3, -0.25) is 0 Å². The molecule has 0 saturated heterocycles. The van der Waals surface area contributed by atoms with E-state index in [0.717, 1.165) is 0 Å². The fraction of sp³-hybridized carbons (Fsp3) is 0.692. The summed E-state index contributed by atoms with van der Waals surface area (Å²) in [5.74, 6) is 0. The van der Waals surface area contributed by atoms with Crippen LogP contribution in [0.1, 0.15) is 44.4 Å². The second kappa shape index (κ2) is 7.41. The first kappa shape index (κ1) is 13.2. The van der Waals surface area contributed by atoms with Crippen molar-refractivity contribution in [3.05, 3.63) is 16.3 Å². The zero-order valence-electron chi connectivity index (χ0n) is 10.3. The van der Waals surface area contributed by atoms with E-state index in [0.29, 0.717) is 0 Å². The van der Waals surface area contributed by atoms with E-state index in [1.165, 1.54) is 38.0 Å². The van der Waals surface area contributed by atoms with Crippen LogP contribution in [0.4, 0.5) is 0 Å². The Morgan fingerprint density at radius 2 is 1.73 bits per heavy atom. The largest absolute Gasteiger partial charge is 0.149 e. The first-order valence-electron chi connectivity index (χ1n) is 6.08. The second-order valence-electron chi connectivity index (χ2n) is 4.06. The van der Waals surface area contributed by atoms with Gasteiger partial charge in [-0.1, -0.05) is 34.6 Å². The first-order valence-corrected chi connectivity index (χ1v) is 8.67. The lowest BCUT2D eigenvalue weighted by Crippen LogP contribution is -2.06. The monoisotopic (exact) mass is 242 g/mol. The van der Waals surface area contributed by atoms with E-state index < -0.39 is 0 Å². The van der Waals surface area contributed by atoms with Gasteiger partial charge >= 0.3 is 0 Å². The number of hydrogen-bond donors (Lipinski definition) is 0. The molecular weight excluding hydrogens is 219 g/mol. The Kier molecular flexibility index (Phi) is 6.52. The summed E-state index contributed by atoms with van der Waals surface area (Å²) in [5, 5.41) is 3.95. The molecule has 0 N–H and O–H groups in total. The third-order valence-corrected chi connectivity index (χ3v) is 6.61. The average molecular weight is 242 g/mol. The SMILES string of the molecule is CCCCP(CCCC)c1ccsc1C. The molecule has 1 aromatic heterocycles. The standard InChI is InChI=1S/C13H23PS/c1-4-6-9-14(10-7-5-2)13-8-11-15-12(13)3/h8,11H,4-7,9-10H2,1-3H3. The Balaban J connectivity index is 2.58. The molecule has 0 aromatic carbocycles. The lowest BCUT2D eigenvalue weighted by atomic mass is 10.4. The van der Waals surface area contributed by atoms with Crippen LogP contribution in [0, 0.1) is 6.92 Å². The lowest BCUT2D eigenvalue weighted by molar-refractivity contribution is 0.870. The van der Waals surface area contributed by atoms with Crippen LogP contribution in [0.3, 0.4) is 0 Å². The molecule has 0 nitrogen and oxygen atoms in total. The molecule has 0 aliphatic heterocycles. The van der Waals surface area contributed by atoms with Crippen LogP contribution in [0.5, 0.6) is 0 Å². The molecule has 1 aromatic rings. The zero-order valence-corrected chi connectivity index (χ0v) is 12.0. The van der Waals surface area contributed by atoms with Gasteiger partial charge < -0.3 is 0 Å². The highest BCUT2D eigenvalue weighted by molar-refractivity contribution is 7.66. The van der Waals surface area contributed by atoms with Gasteiger partial charge in [0, 0.05) is 4.88 Å². The fourth-order valence-corrected chi connectivity index (χ4v) is 5.83. The van der Waals surface area contributed by atoms with Crippen LogP contribution in [0.25, 0.3) is 0 Å². The highest BCUT2D eigenvalue weighted by atomic mass is 32.1. The van der Waals surface area contributed by atoms with E-state index in [1.807, 2.05) is 11.3 Å². The van der Waals surface area contributed by atoms with E-state index in [-0.39, 0.29) is 7.92 Å². The molecule has 0 atom stereocenters. The molecule has 0 unspecified atom stereocenters. The van der Waals surface area contributed by atoms with Crippen LogP contribution in [0.15, 0.2) is 11.4 Å². The average Bonchev–Trinajstić information content (AvgIpc) is 2.65. The van der Waals surface area contributed by atoms with Gasteiger partial charge in [0.05, 0.1) is 0 Å². The third-order valence-electron chi connectivity index (χ3n) is 2.74. The molecule has 0 saturated carbocycles. The maximum absolute atomic E-state index is 2.37. The molecule has 1 rings (SSSR count). The van der Waals surface area contributed by atoms with Crippen molar-refractivity contribution in [3.63, 3.8) is 0 Å². The van der Waals surface area contributed by atoms with Crippen LogP contribution < -0.4 is 5.30 Å². The number of thiophene rings is 1. The zero-order chi connectivity index (χ0) is 11.1. The molecule has 2 heteroatoms. The van der Waals surface area contributed by atoms with E-state index in [9.17, 15) is 0 Å². The summed E-state index contributed by atoms with van der Waals surface area (Å²) in [6.07, 6.45) is 8.39. The molecule has 0 bridgehead atoms. The van der Waals surface area contributed by atoms with Gasteiger partial charge in [0.1, 0.15) is 0 Å². The van der Waals surface area contributed by atoms with Crippen LogP contribution >= 0.6 is 19.3 Å². The molecule has 0 aliphatic rings. The minimum absolute atomic E-state index is 0.159. The molecule has 0 aliphatic carbocycles. The normalized spacial score (nSPS) is 11.2. The van der Waals surface area contributed by atoms with Gasteiger partial charge in [-0.05, 0) is 48.8 Å². The summed E-state index contributed by atoms with van der Waals surface area (Å²) in [4.78, 5) is 1.56. The summed E-state index contributed by atoms with van der Waals surface area (Å²) in [6.45, 7) is 6.88. The molecule has 1 heterocycles. The quantitative estimate of drug-likeness (QED) is 0.604. The molecule has 0 fully saturated rings. The van der Waals surface area contributed by atoms with Crippen molar-refractivity contribution in [3.8, 4) is 0 Å². The van der Waals surface area contributed by atoms with Crippen LogP contribution in [-0.4, -0.2) is 12.3 Å². The van der Waals surface area contributed by atoms with E-state index in [2.05, 4.69) is 32.2 Å². The van der Waals surface area contributed by atoms with Crippen LogP contribution in [-0.2, 0) is 0 Å². The smallest absolute Gasteiger partial charge is 0.00909 e. The highest BCUT2D eigenvalue weighted by Crippen LogP contribution is 2.38. The number of unbranched alkanes of at least 4 members (excludes halogenated alkanes) is 2. The molecular formula is C13H23PS. The molecule has 0 spiro atoms. The number of aryl methyl sites for hydroxylation is 1. The number of hydrogen-bond acceptors (Lipinski definition) is 1. The highest BCUT2D eigenvalue weighted by Gasteiger charge is 2.12. The van der Waals surface area contributed by atoms with Gasteiger partial charge in [-0.15, -0.1) is 11.3 Å². The number of rotatable bonds is 7. The lowest BCUT2D eigenvalue weighted by Gasteiger charge is -2.17.